The molecule has 0 aromatic heterocycles. The van der Waals surface area contributed by atoms with Crippen molar-refractivity contribution in [2.75, 3.05) is 26.4 Å². The maximum Gasteiger partial charge on any atom is 0.306 e. The zero-order valence-corrected chi connectivity index (χ0v) is 38.1. The Bertz CT molecular complexity index is 1140. The normalized spacial score (nSPS) is 27.1. The fourth-order valence-corrected chi connectivity index (χ4v) is 7.70. The van der Waals surface area contributed by atoms with Gasteiger partial charge in [0, 0.05) is 12.8 Å². The standard InChI is InChI=1S/C47H86O15/c1-3-5-7-9-11-13-15-16-17-18-20-21-23-25-27-29-38(49)57-32-35(60-39(50)30-28-26-24-22-19-14-12-10-8-6-4-2)33-58-46-45(56)43(54)41(52)37(62-46)34-59-47-44(55)42(53)40(51)36(31-48)61-47/h23,25,35-37,40-48,51-56H,3-22,24,26-34H2,1-2H3/b25-23+/t35-,36-,37-,40+,41+,42?,43?,44?,45?,46-,47-/m1/s1. The summed E-state index contributed by atoms with van der Waals surface area (Å²) in [4.78, 5) is 25.6. The second-order valence-electron chi connectivity index (χ2n) is 17.3. The lowest BCUT2D eigenvalue weighted by atomic mass is 9.98. The van der Waals surface area contributed by atoms with Crippen molar-refractivity contribution in [2.45, 2.75) is 248 Å². The van der Waals surface area contributed by atoms with Crippen LogP contribution in [0.15, 0.2) is 12.2 Å². The summed E-state index contributed by atoms with van der Waals surface area (Å²) in [5, 5.41) is 71.9. The number of hydrogen-bond acceptors (Lipinski definition) is 15. The third-order valence-corrected chi connectivity index (χ3v) is 11.8. The monoisotopic (exact) mass is 891 g/mol. The number of esters is 2. The van der Waals surface area contributed by atoms with Crippen molar-refractivity contribution in [2.24, 2.45) is 0 Å². The number of aliphatic hydroxyl groups is 7. The zero-order chi connectivity index (χ0) is 45.4. The SMILES string of the molecule is CCCCCCCCCCCCC/C=C/CCC(=O)OC[C@H](CO[C@@H]1O[C@H](CO[C@@H]2O[C@H](CO)[C@H](O)C(O)C2O)[C@H](O)C(O)C1O)OC(=O)CCCCCCCCCCCCC. The Morgan fingerprint density at radius 2 is 0.952 bits per heavy atom. The zero-order valence-electron chi connectivity index (χ0n) is 38.1. The molecule has 2 heterocycles. The molecule has 7 N–H and O–H groups in total. The Morgan fingerprint density at radius 3 is 1.48 bits per heavy atom. The maximum absolute atomic E-state index is 12.9. The van der Waals surface area contributed by atoms with Gasteiger partial charge in [0.15, 0.2) is 18.7 Å². The number of aliphatic hydroxyl groups excluding tert-OH is 7. The largest absolute Gasteiger partial charge is 0.462 e. The van der Waals surface area contributed by atoms with E-state index in [9.17, 15) is 45.3 Å². The minimum absolute atomic E-state index is 0.139. The van der Waals surface area contributed by atoms with Crippen LogP contribution in [0.3, 0.4) is 0 Å². The first kappa shape index (κ1) is 56.4. The number of allylic oxidation sites excluding steroid dienone is 2. The average molecular weight is 891 g/mol. The number of hydrogen-bond donors (Lipinski definition) is 7. The third-order valence-electron chi connectivity index (χ3n) is 11.8. The Kier molecular flexibility index (Phi) is 32.3. The highest BCUT2D eigenvalue weighted by atomic mass is 16.7. The summed E-state index contributed by atoms with van der Waals surface area (Å²) in [6, 6.07) is 0. The molecule has 0 saturated carbocycles. The molecule has 0 radical (unpaired) electrons. The molecule has 0 bridgehead atoms. The minimum Gasteiger partial charge on any atom is -0.462 e. The van der Waals surface area contributed by atoms with Crippen molar-refractivity contribution >= 4 is 11.9 Å². The molecule has 15 nitrogen and oxygen atoms in total. The molecule has 2 aliphatic heterocycles. The van der Waals surface area contributed by atoms with E-state index in [0.29, 0.717) is 12.8 Å². The Morgan fingerprint density at radius 1 is 0.500 bits per heavy atom. The van der Waals surface area contributed by atoms with E-state index in [-0.39, 0.29) is 26.1 Å². The number of rotatable bonds is 37. The lowest BCUT2D eigenvalue weighted by Gasteiger charge is -2.42. The molecular formula is C47H86O15. The molecule has 364 valence electrons. The molecule has 15 heteroatoms. The van der Waals surface area contributed by atoms with Crippen LogP contribution in [0.25, 0.3) is 0 Å². The summed E-state index contributed by atoms with van der Waals surface area (Å²) in [7, 11) is 0. The van der Waals surface area contributed by atoms with Crippen LogP contribution in [-0.4, -0.2) is 142 Å². The predicted molar refractivity (Wildman–Crippen MR) is 234 cm³/mol. The van der Waals surface area contributed by atoms with Crippen molar-refractivity contribution in [3.8, 4) is 0 Å². The highest BCUT2D eigenvalue weighted by Gasteiger charge is 2.47. The van der Waals surface area contributed by atoms with Crippen molar-refractivity contribution in [3.63, 3.8) is 0 Å². The van der Waals surface area contributed by atoms with Crippen LogP contribution in [0.1, 0.15) is 181 Å². The smallest absolute Gasteiger partial charge is 0.306 e. The molecule has 2 saturated heterocycles. The van der Waals surface area contributed by atoms with E-state index in [1.54, 1.807) is 0 Å². The van der Waals surface area contributed by atoms with Gasteiger partial charge in [-0.15, -0.1) is 0 Å². The highest BCUT2D eigenvalue weighted by molar-refractivity contribution is 5.70. The molecule has 0 aliphatic carbocycles. The number of carbonyl (C=O) groups excluding carboxylic acids is 2. The summed E-state index contributed by atoms with van der Waals surface area (Å²) < 4.78 is 33.4. The van der Waals surface area contributed by atoms with E-state index in [2.05, 4.69) is 19.9 Å². The predicted octanol–water partition coefficient (Wildman–Crippen LogP) is 5.82. The highest BCUT2D eigenvalue weighted by Crippen LogP contribution is 2.26. The first-order chi connectivity index (χ1) is 30.0. The van der Waals surface area contributed by atoms with Crippen LogP contribution in [0.2, 0.25) is 0 Å². The van der Waals surface area contributed by atoms with E-state index >= 15 is 0 Å². The second kappa shape index (κ2) is 35.5. The fraction of sp³-hybridized carbons (Fsp3) is 0.915. The second-order valence-corrected chi connectivity index (χ2v) is 17.3. The van der Waals surface area contributed by atoms with E-state index in [0.717, 1.165) is 32.1 Å². The molecule has 0 amide bonds. The van der Waals surface area contributed by atoms with Crippen molar-refractivity contribution < 1.29 is 73.8 Å². The van der Waals surface area contributed by atoms with Crippen molar-refractivity contribution in [3.05, 3.63) is 12.2 Å². The Hall–Kier alpha value is -1.76. The van der Waals surface area contributed by atoms with Gasteiger partial charge in [0.1, 0.15) is 55.4 Å². The molecular weight excluding hydrogens is 805 g/mol. The van der Waals surface area contributed by atoms with Gasteiger partial charge < -0.3 is 64.2 Å². The molecule has 62 heavy (non-hydrogen) atoms. The van der Waals surface area contributed by atoms with Crippen LogP contribution in [0.4, 0.5) is 0 Å². The van der Waals surface area contributed by atoms with Crippen molar-refractivity contribution in [1.82, 2.24) is 0 Å². The first-order valence-electron chi connectivity index (χ1n) is 24.3. The van der Waals surface area contributed by atoms with E-state index in [4.69, 9.17) is 28.4 Å². The van der Waals surface area contributed by atoms with Gasteiger partial charge >= 0.3 is 11.9 Å². The van der Waals surface area contributed by atoms with Gasteiger partial charge in [-0.3, -0.25) is 9.59 Å². The molecule has 2 aliphatic rings. The topological polar surface area (TPSA) is 231 Å². The molecule has 2 fully saturated rings. The lowest BCUT2D eigenvalue weighted by molar-refractivity contribution is -0.332. The van der Waals surface area contributed by atoms with Crippen LogP contribution >= 0.6 is 0 Å². The van der Waals surface area contributed by atoms with Gasteiger partial charge in [0.05, 0.1) is 19.8 Å². The summed E-state index contributed by atoms with van der Waals surface area (Å²) in [6.45, 7) is 2.54. The minimum atomic E-state index is -1.76. The van der Waals surface area contributed by atoms with Crippen LogP contribution in [0, 0.1) is 0 Å². The average Bonchev–Trinajstić information content (AvgIpc) is 3.26. The van der Waals surface area contributed by atoms with Gasteiger partial charge in [-0.2, -0.15) is 0 Å². The van der Waals surface area contributed by atoms with Crippen molar-refractivity contribution in [1.29, 1.82) is 0 Å². The summed E-state index contributed by atoms with van der Waals surface area (Å²) in [6.07, 6.45) is 15.5. The van der Waals surface area contributed by atoms with Gasteiger partial charge in [-0.05, 0) is 25.7 Å². The molecule has 11 atom stereocenters. The molecule has 0 aromatic carbocycles. The lowest BCUT2D eigenvalue weighted by Crippen LogP contribution is -2.61. The number of carbonyl (C=O) groups is 2. The molecule has 0 spiro atoms. The molecule has 4 unspecified atom stereocenters. The maximum atomic E-state index is 12.9. The first-order valence-corrected chi connectivity index (χ1v) is 24.3. The Balaban J connectivity index is 1.84. The number of unbranched alkanes of at least 4 members (excludes halogenated alkanes) is 21. The Labute approximate surface area is 371 Å². The van der Waals surface area contributed by atoms with Crippen LogP contribution in [0.5, 0.6) is 0 Å². The summed E-state index contributed by atoms with van der Waals surface area (Å²) in [5.41, 5.74) is 0. The van der Waals surface area contributed by atoms with E-state index in [1.165, 1.54) is 109 Å². The van der Waals surface area contributed by atoms with Gasteiger partial charge in [-0.1, -0.05) is 154 Å². The quantitative estimate of drug-likeness (QED) is 0.0221. The van der Waals surface area contributed by atoms with E-state index in [1.807, 2.05) is 6.08 Å². The summed E-state index contributed by atoms with van der Waals surface area (Å²) >= 11 is 0. The van der Waals surface area contributed by atoms with E-state index < -0.39 is 92.7 Å². The molecule has 0 aromatic rings. The van der Waals surface area contributed by atoms with Gasteiger partial charge in [0.25, 0.3) is 0 Å². The number of ether oxygens (including phenoxy) is 6. The molecule has 2 rings (SSSR count). The van der Waals surface area contributed by atoms with Gasteiger partial charge in [-0.25, -0.2) is 0 Å². The fourth-order valence-electron chi connectivity index (χ4n) is 7.70. The third kappa shape index (κ3) is 24.0. The van der Waals surface area contributed by atoms with Crippen LogP contribution < -0.4 is 0 Å². The van der Waals surface area contributed by atoms with Crippen LogP contribution in [-0.2, 0) is 38.0 Å². The summed E-state index contributed by atoms with van der Waals surface area (Å²) in [5.74, 6) is -0.976. The van der Waals surface area contributed by atoms with Gasteiger partial charge in [0.2, 0.25) is 0 Å².